The molecule has 6 heteroatoms. The van der Waals surface area contributed by atoms with Crippen LogP contribution in [0.4, 0.5) is 5.69 Å². The van der Waals surface area contributed by atoms with Crippen LogP contribution >= 0.6 is 23.2 Å². The fraction of sp³-hybridized carbons (Fsp3) is 0.231. The molecule has 0 spiro atoms. The highest BCUT2D eigenvalue weighted by Crippen LogP contribution is 2.36. The predicted molar refractivity (Wildman–Crippen MR) is 128 cm³/mol. The molecule has 0 aliphatic carbocycles. The molecule has 0 radical (unpaired) electrons. The lowest BCUT2D eigenvalue weighted by Gasteiger charge is -2.26. The summed E-state index contributed by atoms with van der Waals surface area (Å²) < 4.78 is 5.58. The summed E-state index contributed by atoms with van der Waals surface area (Å²) in [5.41, 5.74) is 2.64. The monoisotopic (exact) mass is 467 g/mol. The first-order chi connectivity index (χ1) is 15.3. The fourth-order valence-corrected chi connectivity index (χ4v) is 4.36. The van der Waals surface area contributed by atoms with Gasteiger partial charge in [0.2, 0.25) is 5.91 Å². The zero-order valence-electron chi connectivity index (χ0n) is 17.8. The first kappa shape index (κ1) is 22.4. The molecule has 4 nitrogen and oxygen atoms in total. The van der Waals surface area contributed by atoms with Gasteiger partial charge in [-0.25, -0.2) is 0 Å². The van der Waals surface area contributed by atoms with Crippen LogP contribution in [0.2, 0.25) is 10.0 Å². The van der Waals surface area contributed by atoms with E-state index in [2.05, 4.69) is 26.0 Å². The molecule has 3 aromatic rings. The number of nitrogens with zero attached hydrogens (tertiary/aromatic N) is 1. The summed E-state index contributed by atoms with van der Waals surface area (Å²) in [6, 6.07) is 22.9. The summed E-state index contributed by atoms with van der Waals surface area (Å²) in [6.45, 7) is 4.52. The van der Waals surface area contributed by atoms with Gasteiger partial charge in [-0.1, -0.05) is 85.6 Å². The zero-order valence-corrected chi connectivity index (χ0v) is 19.4. The molecule has 3 aromatic carbocycles. The Morgan fingerprint density at radius 2 is 1.59 bits per heavy atom. The Bertz CT molecular complexity index is 1140. The molecule has 1 aliphatic rings. The van der Waals surface area contributed by atoms with E-state index in [0.29, 0.717) is 21.5 Å². The third kappa shape index (κ3) is 4.38. The molecule has 1 saturated heterocycles. The summed E-state index contributed by atoms with van der Waals surface area (Å²) >= 11 is 12.3. The second kappa shape index (κ2) is 8.97. The van der Waals surface area contributed by atoms with Crippen molar-refractivity contribution in [1.29, 1.82) is 0 Å². The summed E-state index contributed by atoms with van der Waals surface area (Å²) in [6.07, 6.45) is 0.0702. The smallest absolute Gasteiger partial charge is 0.316 e. The molecule has 0 aromatic heterocycles. The number of amides is 1. The SMILES string of the molecule is CC(C)(c1ccccc1)c1ccc(OC(=O)[C@H]2CC(=O)N(c3cccc(Cl)c3Cl)C2)cc1. The Morgan fingerprint density at radius 3 is 2.28 bits per heavy atom. The number of esters is 1. The number of hydrogen-bond donors (Lipinski definition) is 0. The van der Waals surface area contributed by atoms with Crippen LogP contribution in [-0.2, 0) is 15.0 Å². The van der Waals surface area contributed by atoms with Gasteiger partial charge in [0.25, 0.3) is 0 Å². The topological polar surface area (TPSA) is 46.6 Å². The highest BCUT2D eigenvalue weighted by molar-refractivity contribution is 6.44. The quantitative estimate of drug-likeness (QED) is 0.327. The number of ether oxygens (including phenoxy) is 1. The maximum atomic E-state index is 12.7. The van der Waals surface area contributed by atoms with Crippen molar-refractivity contribution in [3.63, 3.8) is 0 Å². The van der Waals surface area contributed by atoms with Crippen molar-refractivity contribution in [3.05, 3.63) is 94.0 Å². The molecule has 0 bridgehead atoms. The lowest BCUT2D eigenvalue weighted by Crippen LogP contribution is -2.27. The maximum absolute atomic E-state index is 12.7. The van der Waals surface area contributed by atoms with Gasteiger partial charge in [-0.2, -0.15) is 0 Å². The zero-order chi connectivity index (χ0) is 22.9. The third-order valence-electron chi connectivity index (χ3n) is 5.97. The van der Waals surface area contributed by atoms with Crippen molar-refractivity contribution in [2.75, 3.05) is 11.4 Å². The molecule has 164 valence electrons. The van der Waals surface area contributed by atoms with E-state index < -0.39 is 11.9 Å². The molecule has 1 amide bonds. The average Bonchev–Trinajstić information content (AvgIpc) is 3.18. The lowest BCUT2D eigenvalue weighted by atomic mass is 9.78. The van der Waals surface area contributed by atoms with Crippen LogP contribution in [-0.4, -0.2) is 18.4 Å². The van der Waals surface area contributed by atoms with Crippen LogP contribution in [0.25, 0.3) is 0 Å². The van der Waals surface area contributed by atoms with E-state index in [9.17, 15) is 9.59 Å². The number of carbonyl (C=O) groups excluding carboxylic acids is 2. The molecule has 0 unspecified atom stereocenters. The van der Waals surface area contributed by atoms with E-state index in [-0.39, 0.29) is 24.3 Å². The van der Waals surface area contributed by atoms with Crippen molar-refractivity contribution >= 4 is 40.8 Å². The Morgan fingerprint density at radius 1 is 0.938 bits per heavy atom. The second-order valence-corrected chi connectivity index (χ2v) is 9.20. The molecule has 0 saturated carbocycles. The number of benzene rings is 3. The Labute approximate surface area is 197 Å². The molecule has 32 heavy (non-hydrogen) atoms. The Kier molecular flexibility index (Phi) is 6.27. The van der Waals surface area contributed by atoms with Gasteiger partial charge >= 0.3 is 5.97 Å². The fourth-order valence-electron chi connectivity index (χ4n) is 3.96. The van der Waals surface area contributed by atoms with Gasteiger partial charge in [-0.15, -0.1) is 0 Å². The summed E-state index contributed by atoms with van der Waals surface area (Å²) in [4.78, 5) is 26.7. The van der Waals surface area contributed by atoms with Gasteiger partial charge in [-0.3, -0.25) is 9.59 Å². The molecule has 1 aliphatic heterocycles. The largest absolute Gasteiger partial charge is 0.426 e. The van der Waals surface area contributed by atoms with Gasteiger partial charge in [-0.05, 0) is 35.4 Å². The number of carbonyl (C=O) groups is 2. The van der Waals surface area contributed by atoms with Crippen LogP contribution < -0.4 is 9.64 Å². The Hall–Kier alpha value is -2.82. The Balaban J connectivity index is 1.44. The van der Waals surface area contributed by atoms with Crippen molar-refractivity contribution < 1.29 is 14.3 Å². The molecule has 1 heterocycles. The van der Waals surface area contributed by atoms with E-state index in [0.717, 1.165) is 5.56 Å². The van der Waals surface area contributed by atoms with E-state index in [4.69, 9.17) is 27.9 Å². The molecular formula is C26H23Cl2NO3. The van der Waals surface area contributed by atoms with Crippen molar-refractivity contribution in [3.8, 4) is 5.75 Å². The van der Waals surface area contributed by atoms with Crippen LogP contribution in [0.3, 0.4) is 0 Å². The second-order valence-electron chi connectivity index (χ2n) is 8.41. The highest BCUT2D eigenvalue weighted by atomic mass is 35.5. The van der Waals surface area contributed by atoms with Crippen molar-refractivity contribution in [2.24, 2.45) is 5.92 Å². The van der Waals surface area contributed by atoms with Gasteiger partial charge < -0.3 is 9.64 Å². The van der Waals surface area contributed by atoms with Gasteiger partial charge in [0.1, 0.15) is 5.75 Å². The minimum Gasteiger partial charge on any atom is -0.426 e. The first-order valence-electron chi connectivity index (χ1n) is 10.4. The predicted octanol–water partition coefficient (Wildman–Crippen LogP) is 6.28. The number of rotatable bonds is 5. The molecule has 0 N–H and O–H groups in total. The average molecular weight is 468 g/mol. The van der Waals surface area contributed by atoms with Crippen LogP contribution in [0.15, 0.2) is 72.8 Å². The van der Waals surface area contributed by atoms with E-state index in [1.54, 1.807) is 30.3 Å². The van der Waals surface area contributed by atoms with E-state index in [1.165, 1.54) is 10.5 Å². The molecular weight excluding hydrogens is 445 g/mol. The summed E-state index contributed by atoms with van der Waals surface area (Å²) in [7, 11) is 0. The van der Waals surface area contributed by atoms with Gasteiger partial charge in [0.05, 0.1) is 21.7 Å². The molecule has 1 atom stereocenters. The maximum Gasteiger partial charge on any atom is 0.316 e. The normalized spacial score (nSPS) is 16.3. The lowest BCUT2D eigenvalue weighted by molar-refractivity contribution is -0.139. The van der Waals surface area contributed by atoms with Crippen LogP contribution in [0, 0.1) is 5.92 Å². The van der Waals surface area contributed by atoms with E-state index >= 15 is 0 Å². The minimum atomic E-state index is -0.571. The third-order valence-corrected chi connectivity index (χ3v) is 6.78. The number of anilines is 1. The number of halogens is 2. The van der Waals surface area contributed by atoms with Crippen molar-refractivity contribution in [2.45, 2.75) is 25.7 Å². The van der Waals surface area contributed by atoms with Gasteiger partial charge in [0.15, 0.2) is 0 Å². The standard InChI is InChI=1S/C26H23Cl2NO3/c1-26(2,18-7-4-3-5-8-18)19-11-13-20(14-12-19)32-25(31)17-15-23(30)29(16-17)22-10-6-9-21(27)24(22)28/h3-14,17H,15-16H2,1-2H3/t17-/m0/s1. The minimum absolute atomic E-state index is 0.0702. The molecule has 4 rings (SSSR count). The van der Waals surface area contributed by atoms with Crippen LogP contribution in [0.1, 0.15) is 31.4 Å². The first-order valence-corrected chi connectivity index (χ1v) is 11.1. The highest BCUT2D eigenvalue weighted by Gasteiger charge is 2.37. The summed E-state index contributed by atoms with van der Waals surface area (Å²) in [5, 5.41) is 0.662. The van der Waals surface area contributed by atoms with Crippen molar-refractivity contribution in [1.82, 2.24) is 0 Å². The number of hydrogen-bond acceptors (Lipinski definition) is 3. The molecule has 1 fully saturated rings. The summed E-state index contributed by atoms with van der Waals surface area (Å²) in [5.74, 6) is -0.738. The van der Waals surface area contributed by atoms with E-state index in [1.807, 2.05) is 30.3 Å². The van der Waals surface area contributed by atoms with Gasteiger partial charge in [0, 0.05) is 18.4 Å². The van der Waals surface area contributed by atoms with Crippen LogP contribution in [0.5, 0.6) is 5.75 Å².